The number of hydrogen-bond donors (Lipinski definition) is 4. The molecule has 6 heterocycles. The number of halogens is 2. The van der Waals surface area contributed by atoms with Crippen LogP contribution in [0.2, 0.25) is 0 Å². The number of carbonyl (C=O) groups excluding carboxylic acids is 2. The highest BCUT2D eigenvalue weighted by atomic mass is 31.2. The Bertz CT molecular complexity index is 3480. The summed E-state index contributed by atoms with van der Waals surface area (Å²) in [5, 5.41) is 5.75. The predicted octanol–water partition coefficient (Wildman–Crippen LogP) is 10.1. The van der Waals surface area contributed by atoms with Crippen molar-refractivity contribution >= 4 is 60.8 Å². The number of nitrogens with two attached hydrogens (primary N) is 2. The highest BCUT2D eigenvalue weighted by molar-refractivity contribution is 7.57. The number of ether oxygens (including phenoxy) is 6. The van der Waals surface area contributed by atoms with E-state index in [1.165, 1.54) is 34.3 Å². The first kappa shape index (κ1) is 62.3. The van der Waals surface area contributed by atoms with Crippen molar-refractivity contribution in [2.45, 2.75) is 77.7 Å². The first-order valence-corrected chi connectivity index (χ1v) is 31.0. The lowest BCUT2D eigenvalue weighted by atomic mass is 10.1. The molecule has 6 N–H and O–H groups in total. The van der Waals surface area contributed by atoms with Gasteiger partial charge in [0.15, 0.2) is 66.5 Å². The second kappa shape index (κ2) is 28.8. The molecule has 0 saturated carbocycles. The molecule has 2 aliphatic heterocycles. The van der Waals surface area contributed by atoms with Crippen LogP contribution in [0.15, 0.2) is 176 Å². The predicted molar refractivity (Wildman–Crippen MR) is 315 cm³/mol. The number of esters is 2. The van der Waals surface area contributed by atoms with Crippen molar-refractivity contribution in [2.75, 3.05) is 37.4 Å². The monoisotopic (exact) mass is 1220 g/mol. The first-order chi connectivity index (χ1) is 41.4. The van der Waals surface area contributed by atoms with Crippen LogP contribution in [0.25, 0.3) is 22.3 Å². The van der Waals surface area contributed by atoms with Crippen molar-refractivity contribution in [3.63, 3.8) is 0 Å². The zero-order valence-electron chi connectivity index (χ0n) is 47.3. The Balaban J connectivity index is 0.000000205. The first-order valence-electron chi connectivity index (χ1n) is 27.3. The van der Waals surface area contributed by atoms with Crippen LogP contribution in [0.5, 0.6) is 11.5 Å². The number of nitrogens with zero attached hydrogens (tertiary/aromatic N) is 7. The van der Waals surface area contributed by atoms with Gasteiger partial charge in [-0.2, -0.15) is 0 Å². The normalized spacial score (nSPS) is 18.7. The second-order valence-corrected chi connectivity index (χ2v) is 24.8. The van der Waals surface area contributed by atoms with E-state index in [0.717, 1.165) is 23.3 Å². The molecule has 0 bridgehead atoms. The van der Waals surface area contributed by atoms with Gasteiger partial charge in [0.05, 0.1) is 31.6 Å². The molecule has 0 spiro atoms. The summed E-state index contributed by atoms with van der Waals surface area (Å²) in [5.74, 6) is -1.59. The Hall–Kier alpha value is -8.25. The van der Waals surface area contributed by atoms with Gasteiger partial charge >= 0.3 is 27.0 Å². The molecule has 23 nitrogen and oxygen atoms in total. The largest absolute Gasteiger partial charge is 0.464 e. The number of anilines is 2. The van der Waals surface area contributed by atoms with Gasteiger partial charge in [0.2, 0.25) is 0 Å². The molecule has 4 aromatic heterocycles. The minimum absolute atomic E-state index is 0.0988. The fourth-order valence-corrected chi connectivity index (χ4v) is 12.0. The molecule has 8 atom stereocenters. The smallest absolute Gasteiger partial charge is 0.342 e. The number of rotatable bonds is 26. The van der Waals surface area contributed by atoms with E-state index in [1.807, 2.05) is 88.4 Å². The van der Waals surface area contributed by atoms with Crippen LogP contribution in [-0.2, 0) is 60.0 Å². The number of imidazole rings is 2. The fourth-order valence-electron chi connectivity index (χ4n) is 8.69. The number of para-hydroxylation sites is 2. The summed E-state index contributed by atoms with van der Waals surface area (Å²) in [6.07, 6.45) is 1.96. The Kier molecular flexibility index (Phi) is 20.8. The number of nitrogens with one attached hydrogen (secondary N) is 2. The SMILES string of the molecule is CC(C)COC(=O)[C@H](Cc1ccccc1)N[P@@](=O)(CO[C@@H]1C=C(F)[C@H](n2cnc3c(N)ncnc32)O1)Oc1ccccc1.CC(C)COC(=O)[C@H](Cc1ccccc1)N[P@](=O)(CO[C@@H]1C=C(F)[C@H](n2cnc3c(N)ccnc32)O1)Oc1ccccc1. The molecule has 0 radical (unpaired) electrons. The highest BCUT2D eigenvalue weighted by Gasteiger charge is 2.40. The van der Waals surface area contributed by atoms with E-state index < -0.39 is 88.4 Å². The average Bonchev–Trinajstić information content (AvgIpc) is 1.99. The number of pyridine rings is 1. The number of carbonyl (C=O) groups is 2. The Morgan fingerprint density at radius 3 is 1.44 bits per heavy atom. The maximum Gasteiger partial charge on any atom is 0.342 e. The van der Waals surface area contributed by atoms with E-state index in [0.29, 0.717) is 22.4 Å². The maximum absolute atomic E-state index is 15.1. The van der Waals surface area contributed by atoms with Crippen molar-refractivity contribution in [2.24, 2.45) is 11.8 Å². The van der Waals surface area contributed by atoms with Gasteiger partial charge in [0.25, 0.3) is 0 Å². The van der Waals surface area contributed by atoms with Gasteiger partial charge in [0.1, 0.15) is 40.9 Å². The van der Waals surface area contributed by atoms with Crippen LogP contribution in [0, 0.1) is 11.8 Å². The summed E-state index contributed by atoms with van der Waals surface area (Å²) in [7, 11) is -7.98. The summed E-state index contributed by atoms with van der Waals surface area (Å²) in [6.45, 7) is 8.05. The van der Waals surface area contributed by atoms with Crippen molar-refractivity contribution < 1.29 is 65.0 Å². The number of nitrogen functional groups attached to an aromatic ring is 2. The van der Waals surface area contributed by atoms with Crippen molar-refractivity contribution in [1.82, 2.24) is 44.2 Å². The van der Waals surface area contributed by atoms with Crippen LogP contribution in [0.3, 0.4) is 0 Å². The third-order valence-electron chi connectivity index (χ3n) is 12.7. The molecular formula is C59H65F2N11O12P2. The lowest BCUT2D eigenvalue weighted by Gasteiger charge is -2.26. The lowest BCUT2D eigenvalue weighted by molar-refractivity contribution is -0.147. The van der Waals surface area contributed by atoms with E-state index in [9.17, 15) is 18.7 Å². The summed E-state index contributed by atoms with van der Waals surface area (Å²) in [4.78, 5) is 47.0. The zero-order chi connectivity index (χ0) is 60.8. The Labute approximate surface area is 494 Å². The van der Waals surface area contributed by atoms with Gasteiger partial charge in [-0.15, -0.1) is 0 Å². The standard InChI is InChI=1S/C30H33FN5O6P.C29H32FN6O6P/c1-20(2)17-39-30(37)25(15-21-9-5-3-6-10-21)35-43(38,42-22-11-7-4-8-12-22)19-40-26-16-23(31)29(41-26)36-18-34-27-24(32)13-14-33-28(27)36;1-19(2)15-39-29(37)23(13-20-9-5-3-6-10-20)35-43(38,42-21-11-7-4-8-12-21)18-40-24-14-22(30)28(41-24)36-17-34-25-26(31)32-16-33-27(25)36/h3-14,16,18,20,25-26,29H,15,17,19H2,1-2H3,(H2,32,33)(H,35,38);3-12,14,16-17,19,23-24,28H,13,15,18H2,1-2H3,(H,35,38)(H2,31,32,33)/t25-,26-,29+,43-;23-,24-,28+,43+/m00/s1. The number of hydrogen-bond acceptors (Lipinski definition) is 19. The van der Waals surface area contributed by atoms with Crippen molar-refractivity contribution in [1.29, 1.82) is 0 Å². The number of aromatic nitrogens is 7. The molecule has 0 fully saturated rings. The van der Waals surface area contributed by atoms with Gasteiger partial charge in [-0.1, -0.05) is 125 Å². The van der Waals surface area contributed by atoms with Crippen molar-refractivity contribution in [3.05, 3.63) is 188 Å². The Morgan fingerprint density at radius 2 is 1.00 bits per heavy atom. The lowest BCUT2D eigenvalue weighted by Crippen LogP contribution is -2.40. The van der Waals surface area contributed by atoms with Gasteiger partial charge in [-0.05, 0) is 66.1 Å². The molecule has 452 valence electrons. The molecule has 27 heteroatoms. The third-order valence-corrected chi connectivity index (χ3v) is 16.1. The maximum atomic E-state index is 15.1. The topological polar surface area (TPSA) is 293 Å². The zero-order valence-corrected chi connectivity index (χ0v) is 49.1. The quantitative estimate of drug-likeness (QED) is 0.0289. The molecule has 0 aliphatic carbocycles. The molecule has 0 unspecified atom stereocenters. The van der Waals surface area contributed by atoms with Gasteiger partial charge in [-0.25, -0.2) is 43.9 Å². The molecule has 2 aliphatic rings. The minimum Gasteiger partial charge on any atom is -0.464 e. The summed E-state index contributed by atoms with van der Waals surface area (Å²) >= 11 is 0. The second-order valence-electron chi connectivity index (χ2n) is 20.7. The van der Waals surface area contributed by atoms with Crippen molar-refractivity contribution in [3.8, 4) is 11.5 Å². The van der Waals surface area contributed by atoms with Crippen LogP contribution in [0.1, 0.15) is 51.3 Å². The highest BCUT2D eigenvalue weighted by Crippen LogP contribution is 2.47. The van der Waals surface area contributed by atoms with Crippen LogP contribution >= 0.6 is 15.0 Å². The molecular weight excluding hydrogens is 1150 g/mol. The molecule has 0 saturated heterocycles. The van der Waals surface area contributed by atoms with Gasteiger partial charge in [-0.3, -0.25) is 27.9 Å². The van der Waals surface area contributed by atoms with Gasteiger partial charge in [0, 0.05) is 18.3 Å². The fraction of sp³-hybridized carbons (Fsp3) is 0.305. The molecule has 8 aromatic rings. The van der Waals surface area contributed by atoms with E-state index in [4.69, 9.17) is 48.9 Å². The molecule has 4 aromatic carbocycles. The summed E-state index contributed by atoms with van der Waals surface area (Å²) < 4.78 is 107. The number of fused-ring (bicyclic) bond motifs is 2. The number of benzene rings is 4. The Morgan fingerprint density at radius 1 is 0.581 bits per heavy atom. The van der Waals surface area contributed by atoms with E-state index in [1.54, 1.807) is 66.7 Å². The molecule has 10 rings (SSSR count). The van der Waals surface area contributed by atoms with E-state index >= 15 is 8.78 Å². The average molecular weight is 1220 g/mol. The molecule has 0 amide bonds. The summed E-state index contributed by atoms with van der Waals surface area (Å²) in [5.41, 5.74) is 15.1. The van der Waals surface area contributed by atoms with Gasteiger partial charge < -0.3 is 48.9 Å². The minimum atomic E-state index is -3.99. The van der Waals surface area contributed by atoms with E-state index in [2.05, 4.69) is 35.1 Å². The van der Waals surface area contributed by atoms with E-state index in [-0.39, 0.29) is 60.9 Å². The van der Waals surface area contributed by atoms with Crippen LogP contribution in [-0.4, -0.2) is 96.6 Å². The molecule has 86 heavy (non-hydrogen) atoms. The third kappa shape index (κ3) is 16.6. The summed E-state index contributed by atoms with van der Waals surface area (Å²) in [6, 6.07) is 35.0. The van der Waals surface area contributed by atoms with Crippen LogP contribution in [0.4, 0.5) is 20.3 Å². The van der Waals surface area contributed by atoms with Crippen LogP contribution < -0.4 is 30.7 Å².